The van der Waals surface area contributed by atoms with Gasteiger partial charge in [0.25, 0.3) is 0 Å². The number of rotatable bonds is 2. The van der Waals surface area contributed by atoms with E-state index >= 15 is 0 Å². The molecule has 0 fully saturated rings. The average Bonchev–Trinajstić information content (AvgIpc) is 2.15. The first kappa shape index (κ1) is 10.5. The Balaban J connectivity index is 3.42. The van der Waals surface area contributed by atoms with Crippen LogP contribution in [0.3, 0.4) is 0 Å². The predicted molar refractivity (Wildman–Crippen MR) is 47.8 cm³/mol. The molecule has 1 aromatic carbocycles. The Morgan fingerprint density at radius 2 is 2.29 bits per heavy atom. The Bertz CT molecular complexity index is 426. The van der Waals surface area contributed by atoms with Gasteiger partial charge in [0.2, 0.25) is 0 Å². The normalized spacial score (nSPS) is 9.50. The lowest BCUT2D eigenvalue weighted by atomic mass is 10.0. The molecule has 0 radical (unpaired) electrons. The number of halogens is 2. The number of carbonyl (C=O) groups is 1. The van der Waals surface area contributed by atoms with Crippen molar-refractivity contribution in [3.8, 4) is 11.8 Å². The highest BCUT2D eigenvalue weighted by Crippen LogP contribution is 2.23. The van der Waals surface area contributed by atoms with E-state index in [1.807, 2.05) is 0 Å². The largest absolute Gasteiger partial charge is 0.507 e. The molecule has 0 amide bonds. The lowest BCUT2D eigenvalue weighted by molar-refractivity contribution is 0.101. The highest BCUT2D eigenvalue weighted by molar-refractivity contribution is 6.31. The fourth-order valence-corrected chi connectivity index (χ4v) is 1.17. The number of nitriles is 1. The zero-order valence-corrected chi connectivity index (χ0v) is 7.68. The van der Waals surface area contributed by atoms with Gasteiger partial charge in [-0.05, 0) is 6.07 Å². The summed E-state index contributed by atoms with van der Waals surface area (Å²) in [6.45, 7) is 0. The van der Waals surface area contributed by atoms with Crippen LogP contribution in [-0.2, 0) is 0 Å². The molecule has 72 valence electrons. The molecule has 1 N–H and O–H groups in total. The van der Waals surface area contributed by atoms with Crippen molar-refractivity contribution in [2.45, 2.75) is 0 Å². The van der Waals surface area contributed by atoms with E-state index in [-0.39, 0.29) is 17.0 Å². The van der Waals surface area contributed by atoms with Gasteiger partial charge in [-0.25, -0.2) is 4.39 Å². The van der Waals surface area contributed by atoms with E-state index in [1.165, 1.54) is 0 Å². The van der Waals surface area contributed by atoms with E-state index in [2.05, 4.69) is 0 Å². The summed E-state index contributed by atoms with van der Waals surface area (Å²) >= 11 is 5.26. The third-order valence-electron chi connectivity index (χ3n) is 1.60. The van der Waals surface area contributed by atoms with Gasteiger partial charge in [0, 0.05) is 6.07 Å². The molecule has 0 spiro atoms. The molecule has 0 atom stereocenters. The first-order chi connectivity index (χ1) is 6.60. The van der Waals surface area contributed by atoms with Crippen LogP contribution in [0, 0.1) is 17.1 Å². The monoisotopic (exact) mass is 213 g/mol. The number of nitrogens with zero attached hydrogens (tertiary/aromatic N) is 1. The fourth-order valence-electron chi connectivity index (χ4n) is 1.04. The van der Waals surface area contributed by atoms with Crippen molar-refractivity contribution in [1.29, 1.82) is 5.26 Å². The number of phenols is 1. The second kappa shape index (κ2) is 4.07. The molecule has 0 heterocycles. The first-order valence-electron chi connectivity index (χ1n) is 3.62. The Morgan fingerprint density at radius 1 is 1.64 bits per heavy atom. The van der Waals surface area contributed by atoms with Crippen LogP contribution in [0.25, 0.3) is 0 Å². The maximum atomic E-state index is 12.7. The minimum absolute atomic E-state index is 0.215. The van der Waals surface area contributed by atoms with Crippen molar-refractivity contribution < 1.29 is 14.3 Å². The zero-order valence-electron chi connectivity index (χ0n) is 6.92. The molecule has 0 aliphatic carbocycles. The number of hydrogen-bond donors (Lipinski definition) is 1. The lowest BCUT2D eigenvalue weighted by Gasteiger charge is -2.03. The summed E-state index contributed by atoms with van der Waals surface area (Å²) < 4.78 is 12.7. The molecule has 0 saturated heterocycles. The summed E-state index contributed by atoms with van der Waals surface area (Å²) in [4.78, 5) is 11.2. The van der Waals surface area contributed by atoms with Crippen LogP contribution >= 0.6 is 11.6 Å². The second-order valence-corrected chi connectivity index (χ2v) is 2.78. The van der Waals surface area contributed by atoms with E-state index in [0.29, 0.717) is 0 Å². The molecule has 0 aromatic heterocycles. The van der Waals surface area contributed by atoms with Crippen molar-refractivity contribution in [3.05, 3.63) is 29.1 Å². The molecule has 5 heteroatoms. The SMILES string of the molecule is N#Cc1cc(F)cc(O)c1C(=O)CCl. The summed E-state index contributed by atoms with van der Waals surface area (Å²) in [5.74, 6) is -2.31. The molecule has 14 heavy (non-hydrogen) atoms. The van der Waals surface area contributed by atoms with Gasteiger partial charge in [-0.3, -0.25) is 4.79 Å². The van der Waals surface area contributed by atoms with Crippen LogP contribution in [0.2, 0.25) is 0 Å². The van der Waals surface area contributed by atoms with E-state index in [1.54, 1.807) is 6.07 Å². The summed E-state index contributed by atoms with van der Waals surface area (Å²) in [7, 11) is 0. The van der Waals surface area contributed by atoms with Gasteiger partial charge in [-0.15, -0.1) is 11.6 Å². The molecular formula is C9H5ClFNO2. The molecule has 0 unspecified atom stereocenters. The van der Waals surface area contributed by atoms with Gasteiger partial charge in [0.1, 0.15) is 17.6 Å². The number of phenolic OH excluding ortho intramolecular Hbond substituents is 1. The third-order valence-corrected chi connectivity index (χ3v) is 1.85. The van der Waals surface area contributed by atoms with Crippen LogP contribution in [0.15, 0.2) is 12.1 Å². The number of alkyl halides is 1. The Kier molecular flexibility index (Phi) is 3.05. The summed E-state index contributed by atoms with van der Waals surface area (Å²) in [6, 6.07) is 3.25. The molecule has 1 rings (SSSR count). The van der Waals surface area contributed by atoms with E-state index < -0.39 is 17.3 Å². The highest BCUT2D eigenvalue weighted by atomic mass is 35.5. The maximum absolute atomic E-state index is 12.7. The summed E-state index contributed by atoms with van der Waals surface area (Å²) in [6.07, 6.45) is 0. The number of benzene rings is 1. The van der Waals surface area contributed by atoms with Crippen molar-refractivity contribution in [1.82, 2.24) is 0 Å². The first-order valence-corrected chi connectivity index (χ1v) is 4.15. The number of ketones is 1. The Labute approximate surface area is 84.3 Å². The van der Waals surface area contributed by atoms with Gasteiger partial charge in [-0.1, -0.05) is 0 Å². The predicted octanol–water partition coefficient (Wildman–Crippen LogP) is 1.82. The molecule has 0 bridgehead atoms. The van der Waals surface area contributed by atoms with Gasteiger partial charge < -0.3 is 5.11 Å². The number of aromatic hydroxyl groups is 1. The maximum Gasteiger partial charge on any atom is 0.182 e. The minimum atomic E-state index is -0.773. The van der Waals surface area contributed by atoms with Crippen LogP contribution in [0.5, 0.6) is 5.75 Å². The number of Topliss-reactive ketones (excluding diaryl/α,β-unsaturated/α-hetero) is 1. The molecule has 0 aliphatic rings. The van der Waals surface area contributed by atoms with Crippen molar-refractivity contribution in [2.24, 2.45) is 0 Å². The average molecular weight is 214 g/mol. The topological polar surface area (TPSA) is 61.1 Å². The van der Waals surface area contributed by atoms with Crippen LogP contribution in [0.1, 0.15) is 15.9 Å². The minimum Gasteiger partial charge on any atom is -0.507 e. The molecule has 0 saturated carbocycles. The van der Waals surface area contributed by atoms with Crippen LogP contribution in [-0.4, -0.2) is 16.8 Å². The van der Waals surface area contributed by atoms with Crippen molar-refractivity contribution >= 4 is 17.4 Å². The van der Waals surface area contributed by atoms with Gasteiger partial charge in [-0.2, -0.15) is 5.26 Å². The standard InChI is InChI=1S/C9H5ClFNO2/c10-3-8(14)9-5(4-12)1-6(11)2-7(9)13/h1-2,13H,3H2. The van der Waals surface area contributed by atoms with Crippen molar-refractivity contribution in [3.63, 3.8) is 0 Å². The number of carbonyl (C=O) groups excluding carboxylic acids is 1. The zero-order chi connectivity index (χ0) is 10.7. The third kappa shape index (κ3) is 1.83. The van der Waals surface area contributed by atoms with Gasteiger partial charge in [0.05, 0.1) is 17.0 Å². The van der Waals surface area contributed by atoms with Gasteiger partial charge in [0.15, 0.2) is 5.78 Å². The van der Waals surface area contributed by atoms with E-state index in [0.717, 1.165) is 12.1 Å². The highest BCUT2D eigenvalue weighted by Gasteiger charge is 2.16. The fraction of sp³-hybridized carbons (Fsp3) is 0.111. The van der Waals surface area contributed by atoms with E-state index in [4.69, 9.17) is 16.9 Å². The summed E-state index contributed by atoms with van der Waals surface area (Å²) in [5.41, 5.74) is -0.447. The van der Waals surface area contributed by atoms with Crippen molar-refractivity contribution in [2.75, 3.05) is 5.88 Å². The quantitative estimate of drug-likeness (QED) is 0.602. The Morgan fingerprint density at radius 3 is 2.79 bits per heavy atom. The smallest absolute Gasteiger partial charge is 0.182 e. The van der Waals surface area contributed by atoms with Crippen LogP contribution < -0.4 is 0 Å². The molecule has 0 aliphatic heterocycles. The van der Waals surface area contributed by atoms with E-state index in [9.17, 15) is 14.3 Å². The van der Waals surface area contributed by atoms with Gasteiger partial charge >= 0.3 is 0 Å². The van der Waals surface area contributed by atoms with Crippen LogP contribution in [0.4, 0.5) is 4.39 Å². The molecule has 1 aromatic rings. The Hall–Kier alpha value is -1.60. The second-order valence-electron chi connectivity index (χ2n) is 2.52. The lowest BCUT2D eigenvalue weighted by Crippen LogP contribution is -2.04. The summed E-state index contributed by atoms with van der Waals surface area (Å²) in [5, 5.41) is 17.8. The molecule has 3 nitrogen and oxygen atoms in total. The molecular weight excluding hydrogens is 209 g/mol. The number of hydrogen-bond acceptors (Lipinski definition) is 3.